The fourth-order valence-corrected chi connectivity index (χ4v) is 0.294. The fraction of sp³-hybridized carbons (Fsp3) is 0. The van der Waals surface area contributed by atoms with Gasteiger partial charge in [0.1, 0.15) is 0 Å². The second-order valence-corrected chi connectivity index (χ2v) is 1.25. The monoisotopic (exact) mass is 126 g/mol. The smallest absolute Gasteiger partial charge is 0.206 e. The molecule has 0 saturated heterocycles. The molecule has 0 saturated carbocycles. The molecule has 0 spiro atoms. The van der Waals surface area contributed by atoms with Crippen molar-refractivity contribution < 1.29 is 8.42 Å². The Morgan fingerprint density at radius 1 is 1.50 bits per heavy atom. The van der Waals surface area contributed by atoms with Crippen molar-refractivity contribution >= 4 is 23.7 Å². The molecule has 0 aliphatic heterocycles. The molecule has 0 aromatic heterocycles. The van der Waals surface area contributed by atoms with E-state index in [-0.39, 0.29) is 0 Å². The lowest BCUT2D eigenvalue weighted by atomic mass is 13.2. The first-order valence-corrected chi connectivity index (χ1v) is 2.50. The maximum absolute atomic E-state index is 9.33. The van der Waals surface area contributed by atoms with Gasteiger partial charge in [0, 0.05) is 0 Å². The van der Waals surface area contributed by atoms with Gasteiger partial charge in [-0.25, -0.2) is 8.42 Å². The molecule has 4 nitrogen and oxygen atoms in total. The zero-order valence-electron chi connectivity index (χ0n) is 2.61. The lowest BCUT2D eigenvalue weighted by Gasteiger charge is -1.57. The molecule has 0 atom stereocenters. The molecule has 0 aliphatic rings. The molecule has 6 heavy (non-hydrogen) atoms. The average molecular weight is 126 g/mol. The van der Waals surface area contributed by atoms with Crippen LogP contribution in [0, 0.1) is 0 Å². The highest BCUT2D eigenvalue weighted by atomic mass is 32.2. The molecular formula is H2N2O2S2. The summed E-state index contributed by atoms with van der Waals surface area (Å²) in [5, 5.41) is 0. The van der Waals surface area contributed by atoms with Gasteiger partial charge in [0.25, 0.3) is 10.9 Å². The molecule has 0 aromatic rings. The summed E-state index contributed by atoms with van der Waals surface area (Å²) in [6.07, 6.45) is 0. The summed E-state index contributed by atoms with van der Waals surface area (Å²) in [7, 11) is -2.72. The number of thiol groups is 2. The van der Waals surface area contributed by atoms with Crippen LogP contribution in [0.25, 0.3) is 0 Å². The van der Waals surface area contributed by atoms with Crippen LogP contribution in [0.2, 0.25) is 0 Å². The van der Waals surface area contributed by atoms with Gasteiger partial charge < -0.3 is 0 Å². The van der Waals surface area contributed by atoms with E-state index in [0.29, 0.717) is 0 Å². The van der Waals surface area contributed by atoms with E-state index in [0.717, 1.165) is 0 Å². The third-order valence-corrected chi connectivity index (χ3v) is 0.579. The van der Waals surface area contributed by atoms with Gasteiger partial charge >= 0.3 is 0 Å². The van der Waals surface area contributed by atoms with E-state index in [1.165, 1.54) is 0 Å². The summed E-state index contributed by atoms with van der Waals surface area (Å²) in [4.78, 5) is 0. The Kier molecular flexibility index (Phi) is 3.05. The molecule has 0 heterocycles. The second-order valence-electron chi connectivity index (χ2n) is 0.417. The average Bonchev–Trinajstić information content (AvgIpc) is 1.35. The van der Waals surface area contributed by atoms with Gasteiger partial charge in [-0.15, -0.1) is 4.52 Å². The van der Waals surface area contributed by atoms with Crippen LogP contribution in [0.15, 0.2) is 9.04 Å². The number of rotatable bonds is 1. The van der Waals surface area contributed by atoms with E-state index in [4.69, 9.17) is 0 Å². The number of nitrogens with zero attached hydrogens (tertiary/aromatic N) is 2. The normalized spacial score (nSPS) is 11.0. The molecule has 0 fully saturated rings. The number of hydrogen-bond acceptors (Lipinski definition) is 3. The lowest BCUT2D eigenvalue weighted by molar-refractivity contribution is 0.614. The molecule has 0 rings (SSSR count). The Labute approximate surface area is 41.9 Å². The summed E-state index contributed by atoms with van der Waals surface area (Å²) in [6.45, 7) is 0. The van der Waals surface area contributed by atoms with Gasteiger partial charge in [0.05, 0.1) is 0 Å². The molecule has 0 aliphatic carbocycles. The highest BCUT2D eigenvalue weighted by molar-refractivity contribution is 7.79. The summed E-state index contributed by atoms with van der Waals surface area (Å²) < 4.78 is 23.9. The van der Waals surface area contributed by atoms with E-state index in [1.54, 1.807) is 0 Å². The minimum absolute atomic E-state index is 2.57. The van der Waals surface area contributed by atoms with Crippen molar-refractivity contribution in [2.24, 2.45) is 9.04 Å². The lowest BCUT2D eigenvalue weighted by Crippen LogP contribution is -1.56. The van der Waals surface area contributed by atoms with Gasteiger partial charge in [-0.2, -0.15) is 0 Å². The van der Waals surface area contributed by atoms with Crippen LogP contribution in [0.4, 0.5) is 0 Å². The van der Waals surface area contributed by atoms with Crippen LogP contribution in [0.5, 0.6) is 0 Å². The molecule has 0 aromatic carbocycles. The SMILES string of the molecule is O=[SH](=O)N=NS. The summed E-state index contributed by atoms with van der Waals surface area (Å²) in [5.74, 6) is 0. The van der Waals surface area contributed by atoms with Crippen molar-refractivity contribution in [2.45, 2.75) is 0 Å². The minimum Gasteiger partial charge on any atom is -0.206 e. The molecule has 0 unspecified atom stereocenters. The molecule has 0 N–H and O–H groups in total. The molecule has 6 heteroatoms. The van der Waals surface area contributed by atoms with Crippen LogP contribution < -0.4 is 0 Å². The highest BCUT2D eigenvalue weighted by Crippen LogP contribution is 1.75. The Bertz CT molecular complexity index is 105. The van der Waals surface area contributed by atoms with Crippen LogP contribution in [0.3, 0.4) is 0 Å². The molecule has 0 radical (unpaired) electrons. The molecular weight excluding hydrogens is 124 g/mol. The maximum Gasteiger partial charge on any atom is 0.261 e. The van der Waals surface area contributed by atoms with Crippen LogP contribution >= 0.6 is 12.8 Å². The van der Waals surface area contributed by atoms with Crippen LogP contribution in [-0.4, -0.2) is 8.42 Å². The van der Waals surface area contributed by atoms with E-state index >= 15 is 0 Å². The van der Waals surface area contributed by atoms with Gasteiger partial charge in [0.15, 0.2) is 0 Å². The fourth-order valence-electron chi connectivity index (χ4n) is 0.0327. The summed E-state index contributed by atoms with van der Waals surface area (Å²) >= 11 is 3.13. The topological polar surface area (TPSA) is 58.9 Å². The van der Waals surface area contributed by atoms with Gasteiger partial charge in [-0.1, -0.05) is 4.52 Å². The summed E-state index contributed by atoms with van der Waals surface area (Å²) in [6, 6.07) is 0. The van der Waals surface area contributed by atoms with Crippen molar-refractivity contribution in [1.82, 2.24) is 0 Å². The third kappa shape index (κ3) is 3.90. The predicted molar refractivity (Wildman–Crippen MR) is 24.2 cm³/mol. The Hall–Kier alpha value is -0.100. The van der Waals surface area contributed by atoms with E-state index in [2.05, 4.69) is 21.9 Å². The maximum atomic E-state index is 9.33. The number of hydrogen-bond donors (Lipinski definition) is 2. The quantitative estimate of drug-likeness (QED) is 0.378. The minimum atomic E-state index is -2.72. The Morgan fingerprint density at radius 2 is 2.00 bits per heavy atom. The van der Waals surface area contributed by atoms with Gasteiger partial charge in [-0.3, -0.25) is 0 Å². The van der Waals surface area contributed by atoms with Crippen molar-refractivity contribution in [3.63, 3.8) is 0 Å². The van der Waals surface area contributed by atoms with Crippen molar-refractivity contribution in [3.05, 3.63) is 0 Å². The molecule has 0 amide bonds. The van der Waals surface area contributed by atoms with Gasteiger partial charge in [0.2, 0.25) is 0 Å². The van der Waals surface area contributed by atoms with E-state index in [9.17, 15) is 8.42 Å². The highest BCUT2D eigenvalue weighted by Gasteiger charge is 1.62. The second kappa shape index (κ2) is 3.10. The van der Waals surface area contributed by atoms with E-state index in [1.807, 2.05) is 0 Å². The van der Waals surface area contributed by atoms with Crippen molar-refractivity contribution in [2.75, 3.05) is 0 Å². The largest absolute Gasteiger partial charge is 0.261 e. The van der Waals surface area contributed by atoms with Crippen LogP contribution in [-0.2, 0) is 10.9 Å². The first-order valence-electron chi connectivity index (χ1n) is 0.965. The zero-order chi connectivity index (χ0) is 4.99. The Morgan fingerprint density at radius 3 is 2.00 bits per heavy atom. The zero-order valence-corrected chi connectivity index (χ0v) is 4.39. The van der Waals surface area contributed by atoms with Crippen molar-refractivity contribution in [1.29, 1.82) is 0 Å². The van der Waals surface area contributed by atoms with Crippen molar-refractivity contribution in [3.8, 4) is 0 Å². The predicted octanol–water partition coefficient (Wildman–Crippen LogP) is -0.190. The van der Waals surface area contributed by atoms with Crippen LogP contribution in [0.1, 0.15) is 0 Å². The van der Waals surface area contributed by atoms with Gasteiger partial charge in [-0.05, 0) is 12.8 Å². The summed E-state index contributed by atoms with van der Waals surface area (Å²) in [5.41, 5.74) is 0. The molecule has 0 bridgehead atoms. The van der Waals surface area contributed by atoms with E-state index < -0.39 is 10.9 Å². The molecule has 36 valence electrons. The first kappa shape index (κ1) is 5.90. The standard InChI is InChI=1S/H2N2O2S2/c3-6(4)2-1-5/h6H,(H,2,3,4,5). The Balaban J connectivity index is 3.62. The third-order valence-electron chi connectivity index (χ3n) is 0.113. The first-order chi connectivity index (χ1) is 2.77.